The average molecular weight is 444 g/mol. The van der Waals surface area contributed by atoms with Crippen LogP contribution in [-0.4, -0.2) is 86.3 Å². The second-order valence-corrected chi connectivity index (χ2v) is 10.5. The first-order valence-electron chi connectivity index (χ1n) is 10.1. The van der Waals surface area contributed by atoms with Gasteiger partial charge in [0, 0.05) is 39.3 Å². The fourth-order valence-electron chi connectivity index (χ4n) is 3.88. The second kappa shape index (κ2) is 9.55. The zero-order valence-corrected chi connectivity index (χ0v) is 18.6. The molecule has 1 amide bonds. The van der Waals surface area contributed by atoms with E-state index < -0.39 is 10.0 Å². The van der Waals surface area contributed by atoms with Gasteiger partial charge in [0.1, 0.15) is 4.21 Å². The maximum atomic E-state index is 12.9. The van der Waals surface area contributed by atoms with Crippen LogP contribution in [0.3, 0.4) is 0 Å². The van der Waals surface area contributed by atoms with E-state index in [9.17, 15) is 18.0 Å². The largest absolute Gasteiger partial charge is 0.466 e. The third kappa shape index (κ3) is 4.99. The number of carbonyl (C=O) groups excluding carboxylic acids is 2. The van der Waals surface area contributed by atoms with Gasteiger partial charge in [0.15, 0.2) is 0 Å². The van der Waals surface area contributed by atoms with Crippen LogP contribution in [0.2, 0.25) is 0 Å². The summed E-state index contributed by atoms with van der Waals surface area (Å²) in [6.07, 6.45) is 1.26. The lowest BCUT2D eigenvalue weighted by atomic mass is 9.96. The molecular weight excluding hydrogens is 414 g/mol. The maximum absolute atomic E-state index is 12.9. The molecule has 10 heteroatoms. The van der Waals surface area contributed by atoms with E-state index in [2.05, 4.69) is 0 Å². The van der Waals surface area contributed by atoms with Crippen molar-refractivity contribution in [2.24, 2.45) is 5.92 Å². The summed E-state index contributed by atoms with van der Waals surface area (Å²) in [5, 5.41) is 1.76. The molecule has 3 heterocycles. The van der Waals surface area contributed by atoms with Gasteiger partial charge in [0.2, 0.25) is 5.91 Å². The minimum Gasteiger partial charge on any atom is -0.466 e. The monoisotopic (exact) mass is 443 g/mol. The lowest BCUT2D eigenvalue weighted by Gasteiger charge is -2.39. The summed E-state index contributed by atoms with van der Waals surface area (Å²) in [5.74, 6) is -0.252. The summed E-state index contributed by atoms with van der Waals surface area (Å²) in [4.78, 5) is 28.6. The summed E-state index contributed by atoms with van der Waals surface area (Å²) >= 11 is 1.22. The first-order chi connectivity index (χ1) is 13.8. The van der Waals surface area contributed by atoms with Gasteiger partial charge >= 0.3 is 5.97 Å². The highest BCUT2D eigenvalue weighted by Gasteiger charge is 2.35. The van der Waals surface area contributed by atoms with E-state index in [1.54, 1.807) is 24.4 Å². The summed E-state index contributed by atoms with van der Waals surface area (Å²) < 4.78 is 32.2. The molecule has 0 bridgehead atoms. The smallest absolute Gasteiger partial charge is 0.309 e. The Balaban J connectivity index is 1.50. The van der Waals surface area contributed by atoms with Crippen LogP contribution in [0.1, 0.15) is 26.7 Å². The van der Waals surface area contributed by atoms with Crippen molar-refractivity contribution in [3.63, 3.8) is 0 Å². The van der Waals surface area contributed by atoms with Gasteiger partial charge in [0.05, 0.1) is 18.6 Å². The average Bonchev–Trinajstić information content (AvgIpc) is 3.29. The van der Waals surface area contributed by atoms with Crippen LogP contribution in [0.4, 0.5) is 0 Å². The van der Waals surface area contributed by atoms with Crippen LogP contribution in [0, 0.1) is 5.92 Å². The molecular formula is C19H29N3O5S2. The number of thiophene rings is 1. The molecule has 8 nitrogen and oxygen atoms in total. The zero-order chi connectivity index (χ0) is 21.0. The van der Waals surface area contributed by atoms with Gasteiger partial charge in [0.25, 0.3) is 10.0 Å². The Morgan fingerprint density at radius 3 is 2.38 bits per heavy atom. The molecule has 1 aromatic heterocycles. The van der Waals surface area contributed by atoms with E-state index in [0.717, 1.165) is 0 Å². The normalized spacial score (nSPS) is 21.1. The number of piperidine rings is 1. The predicted molar refractivity (Wildman–Crippen MR) is 110 cm³/mol. The molecule has 0 radical (unpaired) electrons. The molecule has 3 rings (SSSR count). The van der Waals surface area contributed by atoms with Crippen molar-refractivity contribution in [3.05, 3.63) is 17.5 Å². The number of ether oxygens (including phenoxy) is 1. The van der Waals surface area contributed by atoms with E-state index in [4.69, 9.17) is 4.74 Å². The molecule has 0 unspecified atom stereocenters. The molecule has 2 aliphatic heterocycles. The van der Waals surface area contributed by atoms with Crippen molar-refractivity contribution >= 4 is 33.2 Å². The fourth-order valence-corrected chi connectivity index (χ4v) is 6.45. The van der Waals surface area contributed by atoms with Crippen molar-refractivity contribution in [1.82, 2.24) is 14.1 Å². The minimum atomic E-state index is -3.44. The van der Waals surface area contributed by atoms with E-state index in [0.29, 0.717) is 62.9 Å². The van der Waals surface area contributed by atoms with Gasteiger partial charge < -0.3 is 9.64 Å². The molecule has 2 fully saturated rings. The number of amides is 1. The molecule has 0 spiro atoms. The minimum absolute atomic E-state index is 0.0434. The Morgan fingerprint density at radius 1 is 1.17 bits per heavy atom. The third-order valence-corrected chi connectivity index (χ3v) is 8.97. The number of sulfonamides is 1. The SMILES string of the molecule is CCOC(=O)C1CCN(C(=O)[C@@H](C)N2CCN(S(=O)(=O)c3cccs3)CC2)CC1. The van der Waals surface area contributed by atoms with E-state index >= 15 is 0 Å². The van der Waals surface area contributed by atoms with Crippen molar-refractivity contribution in [1.29, 1.82) is 0 Å². The lowest BCUT2D eigenvalue weighted by molar-refractivity contribution is -0.152. The van der Waals surface area contributed by atoms with Crippen LogP contribution < -0.4 is 0 Å². The van der Waals surface area contributed by atoms with Gasteiger partial charge in [-0.15, -0.1) is 11.3 Å². The molecule has 0 aliphatic carbocycles. The summed E-state index contributed by atoms with van der Waals surface area (Å²) in [6.45, 7) is 6.97. The van der Waals surface area contributed by atoms with Crippen LogP contribution in [-0.2, 0) is 24.3 Å². The Morgan fingerprint density at radius 2 is 1.83 bits per heavy atom. The van der Waals surface area contributed by atoms with E-state index in [1.807, 2.05) is 16.7 Å². The number of hydrogen-bond donors (Lipinski definition) is 0. The quantitative estimate of drug-likeness (QED) is 0.615. The highest BCUT2D eigenvalue weighted by atomic mass is 32.2. The van der Waals surface area contributed by atoms with Gasteiger partial charge in [-0.2, -0.15) is 4.31 Å². The zero-order valence-electron chi connectivity index (χ0n) is 17.0. The second-order valence-electron chi connectivity index (χ2n) is 7.40. The lowest BCUT2D eigenvalue weighted by Crippen LogP contribution is -2.56. The molecule has 2 saturated heterocycles. The van der Waals surface area contributed by atoms with Gasteiger partial charge in [-0.1, -0.05) is 6.07 Å². The predicted octanol–water partition coefficient (Wildman–Crippen LogP) is 1.24. The van der Waals surface area contributed by atoms with Crippen LogP contribution >= 0.6 is 11.3 Å². The molecule has 2 aliphatic rings. The number of hydrogen-bond acceptors (Lipinski definition) is 7. The molecule has 0 aromatic carbocycles. The van der Waals surface area contributed by atoms with E-state index in [-0.39, 0.29) is 23.8 Å². The van der Waals surface area contributed by atoms with Crippen LogP contribution in [0.15, 0.2) is 21.7 Å². The summed E-state index contributed by atoms with van der Waals surface area (Å²) in [7, 11) is -3.44. The van der Waals surface area contributed by atoms with Crippen LogP contribution in [0.25, 0.3) is 0 Å². The van der Waals surface area contributed by atoms with Crippen LogP contribution in [0.5, 0.6) is 0 Å². The molecule has 0 saturated carbocycles. The number of nitrogens with zero attached hydrogens (tertiary/aromatic N) is 3. The molecule has 29 heavy (non-hydrogen) atoms. The van der Waals surface area contributed by atoms with E-state index in [1.165, 1.54) is 15.6 Å². The van der Waals surface area contributed by atoms with Crippen molar-refractivity contribution in [2.45, 2.75) is 36.9 Å². The first-order valence-corrected chi connectivity index (χ1v) is 12.4. The highest BCUT2D eigenvalue weighted by Crippen LogP contribution is 2.24. The third-order valence-electron chi connectivity index (χ3n) is 5.69. The maximum Gasteiger partial charge on any atom is 0.309 e. The standard InChI is InChI=1S/C19H29N3O5S2/c1-3-27-19(24)16-6-8-21(9-7-16)18(23)15(2)20-10-12-22(13-11-20)29(25,26)17-5-4-14-28-17/h4-5,14-16H,3,6-13H2,1-2H3/t15-/m1/s1. The topological polar surface area (TPSA) is 87.2 Å². The molecule has 162 valence electrons. The van der Waals surface area contributed by atoms with Crippen molar-refractivity contribution in [2.75, 3.05) is 45.9 Å². The highest BCUT2D eigenvalue weighted by molar-refractivity contribution is 7.91. The Labute approximate surface area is 176 Å². The van der Waals surface area contributed by atoms with Gasteiger partial charge in [-0.25, -0.2) is 8.42 Å². The Kier molecular flexibility index (Phi) is 7.31. The molecule has 1 atom stereocenters. The summed E-state index contributed by atoms with van der Waals surface area (Å²) in [5.41, 5.74) is 0. The first kappa shape index (κ1) is 22.2. The number of carbonyl (C=O) groups is 2. The Bertz CT molecular complexity index is 796. The van der Waals surface area contributed by atoms with Crippen molar-refractivity contribution < 1.29 is 22.7 Å². The molecule has 1 aromatic rings. The molecule has 0 N–H and O–H groups in total. The number of piperazine rings is 1. The number of esters is 1. The van der Waals surface area contributed by atoms with Gasteiger partial charge in [-0.05, 0) is 38.1 Å². The summed E-state index contributed by atoms with van der Waals surface area (Å²) in [6, 6.07) is 3.05. The fraction of sp³-hybridized carbons (Fsp3) is 0.684. The van der Waals surface area contributed by atoms with Gasteiger partial charge in [-0.3, -0.25) is 14.5 Å². The number of rotatable bonds is 6. The Hall–Kier alpha value is -1.49. The number of likely N-dealkylation sites (tertiary alicyclic amines) is 1. The van der Waals surface area contributed by atoms with Crippen molar-refractivity contribution in [3.8, 4) is 0 Å².